The van der Waals surface area contributed by atoms with Crippen LogP contribution in [0.25, 0.3) is 0 Å². The van der Waals surface area contributed by atoms with Gasteiger partial charge in [-0.15, -0.1) is 0 Å². The number of carboxylic acids is 1. The highest BCUT2D eigenvalue weighted by atomic mass is 16.5. The average molecular weight is 580 g/mol. The van der Waals surface area contributed by atoms with Crippen molar-refractivity contribution >= 4 is 29.7 Å². The summed E-state index contributed by atoms with van der Waals surface area (Å²) >= 11 is 0. The molecule has 226 valence electrons. The number of nitrogens with one attached hydrogen (secondary N) is 4. The largest absolute Gasteiger partial charge is 0.480 e. The molecule has 3 aromatic rings. The van der Waals surface area contributed by atoms with E-state index in [9.17, 15) is 14.7 Å². The van der Waals surface area contributed by atoms with Gasteiger partial charge < -0.3 is 35.8 Å². The third-order valence-electron chi connectivity index (χ3n) is 5.98. The van der Waals surface area contributed by atoms with Crippen LogP contribution in [0.2, 0.25) is 0 Å². The van der Waals surface area contributed by atoms with Crippen molar-refractivity contribution in [2.24, 2.45) is 5.92 Å². The van der Waals surface area contributed by atoms with Gasteiger partial charge in [-0.1, -0.05) is 61.9 Å². The topological polar surface area (TPSA) is 160 Å². The highest BCUT2D eigenvalue weighted by Gasteiger charge is 2.20. The smallest absolute Gasteiger partial charge is 0.326 e. The van der Waals surface area contributed by atoms with E-state index >= 15 is 0 Å². The zero-order valence-corrected chi connectivity index (χ0v) is 24.4. The molecular weight excluding hydrogens is 538 g/mol. The number of aryl methyl sites for hydroxylation is 1. The number of aliphatic carboxylic acids is 1. The van der Waals surface area contributed by atoms with Crippen LogP contribution in [0.3, 0.4) is 0 Å². The van der Waals surface area contributed by atoms with Crippen LogP contribution in [0, 0.1) is 12.8 Å². The number of carboxylic acid groups (broad SMARTS) is 1. The fourth-order valence-corrected chi connectivity index (χ4v) is 3.82. The molecular formula is C30H41N7O5. The number of rotatable bonds is 19. The highest BCUT2D eigenvalue weighted by molar-refractivity contribution is 5.94. The molecule has 0 aliphatic heterocycles. The van der Waals surface area contributed by atoms with Crippen LogP contribution in [0.15, 0.2) is 54.6 Å². The van der Waals surface area contributed by atoms with Crippen LogP contribution in [0.5, 0.6) is 0 Å². The van der Waals surface area contributed by atoms with Gasteiger partial charge in [-0.05, 0) is 37.0 Å². The van der Waals surface area contributed by atoms with E-state index in [2.05, 4.69) is 36.2 Å². The normalized spacial score (nSPS) is 11.6. The highest BCUT2D eigenvalue weighted by Crippen LogP contribution is 2.15. The van der Waals surface area contributed by atoms with Gasteiger partial charge in [0.15, 0.2) is 0 Å². The standard InChI is InChI=1S/C30H41N7O5/c1-21(2)19-25(27(39)40)34-30-36-28(35-29(37-30)33-20-23-11-9-22(3)10-12-23)32-14-16-42-18-17-41-15-13-31-26(38)24-7-5-4-6-8-24/h4-12,21,25H,13-20H2,1-3H3,(H,31,38)(H,39,40)(H3,32,33,34,35,36,37)/t25-/m0/s1. The molecule has 0 spiro atoms. The quantitative estimate of drug-likeness (QED) is 0.132. The molecule has 12 nitrogen and oxygen atoms in total. The van der Waals surface area contributed by atoms with E-state index in [-0.39, 0.29) is 17.8 Å². The van der Waals surface area contributed by atoms with Gasteiger partial charge in [0.1, 0.15) is 6.04 Å². The molecule has 0 aliphatic rings. The molecule has 1 aromatic heterocycles. The van der Waals surface area contributed by atoms with Crippen molar-refractivity contribution in [2.75, 3.05) is 55.5 Å². The minimum Gasteiger partial charge on any atom is -0.480 e. The Morgan fingerprint density at radius 3 is 2.07 bits per heavy atom. The second-order valence-electron chi connectivity index (χ2n) is 10.1. The Labute approximate surface area is 246 Å². The molecule has 0 saturated heterocycles. The SMILES string of the molecule is Cc1ccc(CNc2nc(NCCOCCOCCNC(=O)c3ccccc3)nc(N[C@@H](CC(C)C)C(=O)O)n2)cc1. The summed E-state index contributed by atoms with van der Waals surface area (Å²) in [4.78, 5) is 37.0. The van der Waals surface area contributed by atoms with Crippen molar-refractivity contribution in [3.05, 3.63) is 71.3 Å². The maximum atomic E-state index is 12.0. The number of anilines is 3. The first-order valence-corrected chi connectivity index (χ1v) is 14.1. The van der Waals surface area contributed by atoms with Gasteiger partial charge in [-0.3, -0.25) is 4.79 Å². The molecule has 12 heteroatoms. The molecule has 0 radical (unpaired) electrons. The van der Waals surface area contributed by atoms with Gasteiger partial charge in [0.25, 0.3) is 5.91 Å². The lowest BCUT2D eigenvalue weighted by Crippen LogP contribution is -2.32. The van der Waals surface area contributed by atoms with Crippen molar-refractivity contribution in [1.82, 2.24) is 20.3 Å². The molecule has 0 unspecified atom stereocenters. The third kappa shape index (κ3) is 12.1. The Morgan fingerprint density at radius 1 is 0.810 bits per heavy atom. The zero-order chi connectivity index (χ0) is 30.2. The van der Waals surface area contributed by atoms with Crippen molar-refractivity contribution < 1.29 is 24.2 Å². The number of benzene rings is 2. The second kappa shape index (κ2) is 17.5. The Kier molecular flexibility index (Phi) is 13.4. The Morgan fingerprint density at radius 2 is 1.43 bits per heavy atom. The lowest BCUT2D eigenvalue weighted by Gasteiger charge is -2.17. The molecule has 3 rings (SSSR count). The Balaban J connectivity index is 1.43. The monoisotopic (exact) mass is 579 g/mol. The number of hydrogen-bond donors (Lipinski definition) is 5. The molecule has 2 aromatic carbocycles. The fourth-order valence-electron chi connectivity index (χ4n) is 3.82. The van der Waals surface area contributed by atoms with Gasteiger partial charge in [0.05, 0.1) is 26.4 Å². The molecule has 0 aliphatic carbocycles. The van der Waals surface area contributed by atoms with Crippen LogP contribution >= 0.6 is 0 Å². The number of aromatic nitrogens is 3. The van der Waals surface area contributed by atoms with Crippen LogP contribution in [-0.4, -0.2) is 77.5 Å². The lowest BCUT2D eigenvalue weighted by molar-refractivity contribution is -0.138. The van der Waals surface area contributed by atoms with E-state index in [1.54, 1.807) is 12.1 Å². The molecule has 0 bridgehead atoms. The number of hydrogen-bond acceptors (Lipinski definition) is 10. The van der Waals surface area contributed by atoms with Crippen LogP contribution in [-0.2, 0) is 20.8 Å². The maximum Gasteiger partial charge on any atom is 0.326 e. The Bertz CT molecular complexity index is 1240. The summed E-state index contributed by atoms with van der Waals surface area (Å²) in [5.74, 6) is -0.154. The van der Waals surface area contributed by atoms with Crippen LogP contribution in [0.4, 0.5) is 17.8 Å². The second-order valence-corrected chi connectivity index (χ2v) is 10.1. The van der Waals surface area contributed by atoms with Gasteiger partial charge in [-0.2, -0.15) is 15.0 Å². The maximum absolute atomic E-state index is 12.0. The predicted molar refractivity (Wildman–Crippen MR) is 162 cm³/mol. The zero-order valence-electron chi connectivity index (χ0n) is 24.4. The number of nitrogens with zero attached hydrogens (tertiary/aromatic N) is 3. The molecule has 1 amide bonds. The Hall–Kier alpha value is -4.29. The molecule has 0 fully saturated rings. The summed E-state index contributed by atoms with van der Waals surface area (Å²) in [6.07, 6.45) is 0.422. The first kappa shape index (κ1) is 32.2. The first-order chi connectivity index (χ1) is 20.3. The van der Waals surface area contributed by atoms with Crippen molar-refractivity contribution in [2.45, 2.75) is 39.8 Å². The molecule has 1 atom stereocenters. The van der Waals surface area contributed by atoms with Crippen molar-refractivity contribution in [1.29, 1.82) is 0 Å². The summed E-state index contributed by atoms with van der Waals surface area (Å²) in [7, 11) is 0. The van der Waals surface area contributed by atoms with Gasteiger partial charge in [0.2, 0.25) is 17.8 Å². The fraction of sp³-hybridized carbons (Fsp3) is 0.433. The summed E-state index contributed by atoms with van der Waals surface area (Å²) in [5, 5.41) is 21.7. The van der Waals surface area contributed by atoms with E-state index in [0.717, 1.165) is 5.56 Å². The summed E-state index contributed by atoms with van der Waals surface area (Å²) in [6.45, 7) is 8.80. The van der Waals surface area contributed by atoms with Crippen LogP contribution in [0.1, 0.15) is 41.8 Å². The molecule has 0 saturated carbocycles. The van der Waals surface area contributed by atoms with E-state index < -0.39 is 12.0 Å². The predicted octanol–water partition coefficient (Wildman–Crippen LogP) is 3.58. The number of ether oxygens (including phenoxy) is 2. The van der Waals surface area contributed by atoms with E-state index in [1.165, 1.54) is 5.56 Å². The van der Waals surface area contributed by atoms with E-state index in [0.29, 0.717) is 69.9 Å². The minimum absolute atomic E-state index is 0.134. The first-order valence-electron chi connectivity index (χ1n) is 14.1. The summed E-state index contributed by atoms with van der Waals surface area (Å²) in [6, 6.07) is 16.3. The molecule has 5 N–H and O–H groups in total. The van der Waals surface area contributed by atoms with Crippen LogP contribution < -0.4 is 21.3 Å². The average Bonchev–Trinajstić information content (AvgIpc) is 2.97. The van der Waals surface area contributed by atoms with Gasteiger partial charge in [-0.25, -0.2) is 4.79 Å². The third-order valence-corrected chi connectivity index (χ3v) is 5.98. The number of amides is 1. The van der Waals surface area contributed by atoms with Crippen molar-refractivity contribution in [3.63, 3.8) is 0 Å². The van der Waals surface area contributed by atoms with E-state index in [1.807, 2.05) is 63.2 Å². The summed E-state index contributed by atoms with van der Waals surface area (Å²) < 4.78 is 11.1. The molecule has 42 heavy (non-hydrogen) atoms. The number of carbonyl (C=O) groups excluding carboxylic acids is 1. The van der Waals surface area contributed by atoms with Gasteiger partial charge >= 0.3 is 5.97 Å². The minimum atomic E-state index is -0.970. The van der Waals surface area contributed by atoms with Crippen molar-refractivity contribution in [3.8, 4) is 0 Å². The van der Waals surface area contributed by atoms with E-state index in [4.69, 9.17) is 9.47 Å². The van der Waals surface area contributed by atoms with Gasteiger partial charge in [0, 0.05) is 25.2 Å². The number of carbonyl (C=O) groups is 2. The lowest BCUT2D eigenvalue weighted by atomic mass is 10.0. The molecule has 1 heterocycles. The summed E-state index contributed by atoms with van der Waals surface area (Å²) in [5.41, 5.74) is 2.84.